The van der Waals surface area contributed by atoms with Crippen molar-refractivity contribution in [1.29, 1.82) is 0 Å². The van der Waals surface area contributed by atoms with Crippen LogP contribution >= 0.6 is 0 Å². The zero-order valence-electron chi connectivity index (χ0n) is 19.7. The van der Waals surface area contributed by atoms with Crippen molar-refractivity contribution in [2.45, 2.75) is 77.7 Å². The quantitative estimate of drug-likeness (QED) is 0.687. The molecule has 170 valence electrons. The second-order valence-electron chi connectivity index (χ2n) is 12.0. The van der Waals surface area contributed by atoms with Crippen LogP contribution in [0.3, 0.4) is 0 Å². The first-order valence-electron chi connectivity index (χ1n) is 13.0. The zero-order chi connectivity index (χ0) is 20.9. The molecule has 0 radical (unpaired) electrons. The van der Waals surface area contributed by atoms with Crippen molar-refractivity contribution in [1.82, 2.24) is 9.80 Å². The van der Waals surface area contributed by atoms with E-state index in [1.807, 2.05) is 0 Å². The average molecular weight is 417 g/mol. The lowest BCUT2D eigenvalue weighted by Crippen LogP contribution is -2.54. The molecule has 4 saturated carbocycles. The summed E-state index contributed by atoms with van der Waals surface area (Å²) in [5, 5.41) is 0. The van der Waals surface area contributed by atoms with E-state index in [0.29, 0.717) is 23.2 Å². The Morgan fingerprint density at radius 2 is 1.77 bits per heavy atom. The molecule has 4 nitrogen and oxygen atoms in total. The molecular formula is C26H44N2O2. The number of likely N-dealkylation sites (N-methyl/N-ethyl adjacent to an activating group) is 1. The largest absolute Gasteiger partial charge is 0.377 e. The Balaban J connectivity index is 1.16. The maximum absolute atomic E-state index is 12.6. The normalized spacial score (nSPS) is 47.6. The fourth-order valence-corrected chi connectivity index (χ4v) is 8.56. The summed E-state index contributed by atoms with van der Waals surface area (Å²) >= 11 is 0. The third kappa shape index (κ3) is 3.59. The third-order valence-electron chi connectivity index (χ3n) is 10.7. The van der Waals surface area contributed by atoms with E-state index >= 15 is 0 Å². The summed E-state index contributed by atoms with van der Waals surface area (Å²) < 4.78 is 6.44. The van der Waals surface area contributed by atoms with Crippen LogP contribution in [0.2, 0.25) is 0 Å². The third-order valence-corrected chi connectivity index (χ3v) is 10.7. The number of nitrogens with zero attached hydrogens (tertiary/aromatic N) is 2. The van der Waals surface area contributed by atoms with E-state index in [-0.39, 0.29) is 5.41 Å². The van der Waals surface area contributed by atoms with Gasteiger partial charge < -0.3 is 9.64 Å². The summed E-state index contributed by atoms with van der Waals surface area (Å²) in [6, 6.07) is 0. The number of hydrogen-bond donors (Lipinski definition) is 0. The van der Waals surface area contributed by atoms with Crippen LogP contribution in [0, 0.1) is 34.5 Å². The van der Waals surface area contributed by atoms with Crippen LogP contribution in [0.4, 0.5) is 0 Å². The molecule has 0 aromatic carbocycles. The van der Waals surface area contributed by atoms with Gasteiger partial charge in [-0.05, 0) is 87.5 Å². The Morgan fingerprint density at radius 1 is 0.967 bits per heavy atom. The number of carbonyl (C=O) groups excluding carboxylic acids is 1. The zero-order valence-corrected chi connectivity index (χ0v) is 19.7. The van der Waals surface area contributed by atoms with Gasteiger partial charge in [-0.25, -0.2) is 0 Å². The van der Waals surface area contributed by atoms with E-state index in [2.05, 4.69) is 30.7 Å². The van der Waals surface area contributed by atoms with Crippen LogP contribution in [0.5, 0.6) is 0 Å². The van der Waals surface area contributed by atoms with Gasteiger partial charge in [-0.15, -0.1) is 0 Å². The second-order valence-corrected chi connectivity index (χ2v) is 12.0. The molecule has 7 atom stereocenters. The van der Waals surface area contributed by atoms with E-state index in [1.54, 1.807) is 0 Å². The minimum Gasteiger partial charge on any atom is -0.377 e. The molecule has 7 unspecified atom stereocenters. The van der Waals surface area contributed by atoms with Gasteiger partial charge in [0, 0.05) is 44.6 Å². The fourth-order valence-electron chi connectivity index (χ4n) is 8.56. The first-order chi connectivity index (χ1) is 14.4. The lowest BCUT2D eigenvalue weighted by atomic mass is 9.45. The molecule has 0 spiro atoms. The highest BCUT2D eigenvalue weighted by molar-refractivity contribution is 5.87. The van der Waals surface area contributed by atoms with Gasteiger partial charge in [0.05, 0.1) is 12.7 Å². The molecule has 30 heavy (non-hydrogen) atoms. The van der Waals surface area contributed by atoms with E-state index < -0.39 is 0 Å². The molecule has 0 N–H and O–H groups in total. The topological polar surface area (TPSA) is 32.8 Å². The Bertz CT molecular complexity index is 645. The van der Waals surface area contributed by atoms with Crippen LogP contribution in [0.25, 0.3) is 0 Å². The number of fused-ring (bicyclic) bond motifs is 5. The summed E-state index contributed by atoms with van der Waals surface area (Å²) in [4.78, 5) is 17.6. The van der Waals surface area contributed by atoms with Crippen molar-refractivity contribution in [2.75, 3.05) is 46.4 Å². The molecule has 1 aliphatic heterocycles. The number of ketones is 1. The predicted molar refractivity (Wildman–Crippen MR) is 120 cm³/mol. The van der Waals surface area contributed by atoms with Gasteiger partial charge >= 0.3 is 0 Å². The van der Waals surface area contributed by atoms with Crippen molar-refractivity contribution in [2.24, 2.45) is 34.5 Å². The van der Waals surface area contributed by atoms with E-state index in [9.17, 15) is 4.79 Å². The van der Waals surface area contributed by atoms with Gasteiger partial charge in [0.15, 0.2) is 0 Å². The number of hydrogen-bond acceptors (Lipinski definition) is 4. The summed E-state index contributed by atoms with van der Waals surface area (Å²) in [6.45, 7) is 11.7. The smallest absolute Gasteiger partial charge is 0.139 e. The van der Waals surface area contributed by atoms with E-state index in [4.69, 9.17) is 4.74 Å². The molecular weight excluding hydrogens is 372 g/mol. The van der Waals surface area contributed by atoms with E-state index in [0.717, 1.165) is 43.7 Å². The molecule has 0 bridgehead atoms. The molecule has 5 aliphatic rings. The molecule has 0 aromatic heterocycles. The highest BCUT2D eigenvalue weighted by Gasteiger charge is 2.60. The van der Waals surface area contributed by atoms with Crippen LogP contribution < -0.4 is 0 Å². The predicted octanol–water partition coefficient (Wildman–Crippen LogP) is 4.23. The minimum atomic E-state index is 0.0218. The average Bonchev–Trinajstić information content (AvgIpc) is 3.04. The molecule has 4 heteroatoms. The second kappa shape index (κ2) is 8.15. The van der Waals surface area contributed by atoms with Crippen molar-refractivity contribution in [3.05, 3.63) is 0 Å². The summed E-state index contributed by atoms with van der Waals surface area (Å²) in [7, 11) is 2.22. The highest BCUT2D eigenvalue weighted by Crippen LogP contribution is 2.65. The molecule has 5 rings (SSSR count). The Labute approximate surface area is 184 Å². The van der Waals surface area contributed by atoms with Crippen LogP contribution in [-0.2, 0) is 9.53 Å². The maximum Gasteiger partial charge on any atom is 0.139 e. The van der Waals surface area contributed by atoms with Crippen molar-refractivity contribution >= 4 is 5.78 Å². The Kier molecular flexibility index (Phi) is 5.82. The molecule has 0 amide bonds. The van der Waals surface area contributed by atoms with Gasteiger partial charge in [0.2, 0.25) is 0 Å². The molecule has 1 heterocycles. The van der Waals surface area contributed by atoms with Crippen LogP contribution in [-0.4, -0.2) is 68.1 Å². The number of rotatable bonds is 4. The Morgan fingerprint density at radius 3 is 2.57 bits per heavy atom. The van der Waals surface area contributed by atoms with Crippen LogP contribution in [0.15, 0.2) is 0 Å². The molecule has 1 saturated heterocycles. The SMILES string of the molecule is CN1CCN(CCOC2CCC3(C)C(CCC4C5CCC(=O)C5(C)CCC43)C2)CC1. The lowest BCUT2D eigenvalue weighted by molar-refractivity contribution is -0.145. The summed E-state index contributed by atoms with van der Waals surface area (Å²) in [5.41, 5.74) is 0.515. The minimum absolute atomic E-state index is 0.0218. The first-order valence-corrected chi connectivity index (χ1v) is 13.0. The van der Waals surface area contributed by atoms with Crippen LogP contribution in [0.1, 0.15) is 71.6 Å². The number of carbonyl (C=O) groups is 1. The van der Waals surface area contributed by atoms with Gasteiger partial charge in [-0.3, -0.25) is 9.69 Å². The van der Waals surface area contributed by atoms with Crippen molar-refractivity contribution in [3.63, 3.8) is 0 Å². The molecule has 0 aromatic rings. The summed E-state index contributed by atoms with van der Waals surface area (Å²) in [5.74, 6) is 3.76. The molecule has 4 aliphatic carbocycles. The van der Waals surface area contributed by atoms with Crippen molar-refractivity contribution < 1.29 is 9.53 Å². The monoisotopic (exact) mass is 416 g/mol. The van der Waals surface area contributed by atoms with Crippen molar-refractivity contribution in [3.8, 4) is 0 Å². The fraction of sp³-hybridized carbons (Fsp3) is 0.962. The van der Waals surface area contributed by atoms with Gasteiger partial charge in [-0.1, -0.05) is 13.8 Å². The molecule has 5 fully saturated rings. The lowest BCUT2D eigenvalue weighted by Gasteiger charge is -2.60. The standard InChI is InChI=1S/C26H44N2O2/c1-25-10-8-20(30-17-16-28-14-12-27(3)13-15-28)18-19(25)4-5-21-22-6-7-24(29)26(22,2)11-9-23(21)25/h19-23H,4-18H2,1-3H3. The number of Topliss-reactive ketones (excluding diaryl/α,β-unsaturated/α-hetero) is 1. The van der Waals surface area contributed by atoms with Gasteiger partial charge in [-0.2, -0.15) is 0 Å². The highest BCUT2D eigenvalue weighted by atomic mass is 16.5. The number of piperazine rings is 1. The maximum atomic E-state index is 12.6. The van der Waals surface area contributed by atoms with Gasteiger partial charge in [0.1, 0.15) is 5.78 Å². The Hall–Kier alpha value is -0.450. The van der Waals surface area contributed by atoms with Gasteiger partial charge in [0.25, 0.3) is 0 Å². The number of ether oxygens (including phenoxy) is 1. The van der Waals surface area contributed by atoms with E-state index in [1.165, 1.54) is 71.1 Å². The summed E-state index contributed by atoms with van der Waals surface area (Å²) in [6.07, 6.45) is 11.6. The first kappa shape index (κ1) is 21.4.